The molecule has 0 bridgehead atoms. The lowest BCUT2D eigenvalue weighted by atomic mass is 10.0. The number of amides is 2. The Balaban J connectivity index is 1.49. The molecular weight excluding hydrogens is 425 g/mol. The zero-order chi connectivity index (χ0) is 23.1. The SMILES string of the molecule is COc1cc2nc(Oc3ccc4c(C(=O)NC5CC5)cccc4c3F)ccc2cc1C(N)=O. The molecule has 7 nitrogen and oxygen atoms in total. The molecule has 3 N–H and O–H groups in total. The van der Waals surface area contributed by atoms with Crippen LogP contribution in [0.25, 0.3) is 21.7 Å². The number of nitrogens with one attached hydrogen (secondary N) is 1. The molecule has 1 aliphatic rings. The van der Waals surface area contributed by atoms with Crippen molar-refractivity contribution in [3.63, 3.8) is 0 Å². The van der Waals surface area contributed by atoms with Gasteiger partial charge in [0, 0.05) is 34.5 Å². The average Bonchev–Trinajstić information content (AvgIpc) is 3.63. The maximum atomic E-state index is 15.3. The third kappa shape index (κ3) is 3.91. The second-order valence-corrected chi connectivity index (χ2v) is 7.89. The first kappa shape index (κ1) is 20.7. The number of primary amides is 1. The van der Waals surface area contributed by atoms with Crippen LogP contribution in [0.1, 0.15) is 33.6 Å². The van der Waals surface area contributed by atoms with Crippen LogP contribution in [0.4, 0.5) is 4.39 Å². The number of methoxy groups -OCH3 is 1. The summed E-state index contributed by atoms with van der Waals surface area (Å²) < 4.78 is 26.2. The van der Waals surface area contributed by atoms with Crippen molar-refractivity contribution in [1.82, 2.24) is 10.3 Å². The number of hydrogen-bond acceptors (Lipinski definition) is 5. The molecule has 1 heterocycles. The summed E-state index contributed by atoms with van der Waals surface area (Å²) in [7, 11) is 1.43. The van der Waals surface area contributed by atoms with Gasteiger partial charge in [-0.1, -0.05) is 12.1 Å². The summed E-state index contributed by atoms with van der Waals surface area (Å²) >= 11 is 0. The van der Waals surface area contributed by atoms with Gasteiger partial charge < -0.3 is 20.5 Å². The summed E-state index contributed by atoms with van der Waals surface area (Å²) in [6, 6.07) is 14.7. The lowest BCUT2D eigenvalue weighted by molar-refractivity contribution is 0.0951. The fourth-order valence-electron chi connectivity index (χ4n) is 3.73. The largest absolute Gasteiger partial charge is 0.496 e. The first-order valence-electron chi connectivity index (χ1n) is 10.4. The molecule has 0 saturated heterocycles. The Bertz CT molecular complexity index is 1430. The number of pyridine rings is 1. The zero-order valence-electron chi connectivity index (χ0n) is 17.7. The molecule has 1 fully saturated rings. The molecule has 0 aliphatic heterocycles. The van der Waals surface area contributed by atoms with Gasteiger partial charge in [-0.25, -0.2) is 9.37 Å². The highest BCUT2D eigenvalue weighted by atomic mass is 19.1. The summed E-state index contributed by atoms with van der Waals surface area (Å²) in [4.78, 5) is 28.6. The van der Waals surface area contributed by atoms with Crippen LogP contribution in [-0.4, -0.2) is 29.9 Å². The van der Waals surface area contributed by atoms with E-state index in [1.54, 1.807) is 48.5 Å². The monoisotopic (exact) mass is 445 g/mol. The van der Waals surface area contributed by atoms with Crippen LogP contribution < -0.4 is 20.5 Å². The molecule has 8 heteroatoms. The number of ether oxygens (including phenoxy) is 2. The minimum atomic E-state index is -0.613. The van der Waals surface area contributed by atoms with Crippen molar-refractivity contribution in [1.29, 1.82) is 0 Å². The van der Waals surface area contributed by atoms with E-state index >= 15 is 4.39 Å². The van der Waals surface area contributed by atoms with Crippen LogP contribution in [0.15, 0.2) is 54.6 Å². The predicted octanol–water partition coefficient (Wildman–Crippen LogP) is 4.32. The molecule has 1 aliphatic carbocycles. The van der Waals surface area contributed by atoms with Gasteiger partial charge >= 0.3 is 0 Å². The van der Waals surface area contributed by atoms with E-state index < -0.39 is 11.7 Å². The summed E-state index contributed by atoms with van der Waals surface area (Å²) in [6.07, 6.45) is 1.94. The van der Waals surface area contributed by atoms with E-state index in [4.69, 9.17) is 15.2 Å². The van der Waals surface area contributed by atoms with Gasteiger partial charge in [0.1, 0.15) is 5.75 Å². The molecule has 0 unspecified atom stereocenters. The van der Waals surface area contributed by atoms with Crippen molar-refractivity contribution in [2.75, 3.05) is 7.11 Å². The smallest absolute Gasteiger partial charge is 0.252 e. The highest BCUT2D eigenvalue weighted by Crippen LogP contribution is 2.33. The molecule has 2 amide bonds. The Morgan fingerprint density at radius 1 is 1.03 bits per heavy atom. The lowest BCUT2D eigenvalue weighted by Crippen LogP contribution is -2.25. The Hall–Kier alpha value is -4.20. The molecular formula is C25H20FN3O4. The van der Waals surface area contributed by atoms with Gasteiger partial charge in [-0.2, -0.15) is 0 Å². The summed E-state index contributed by atoms with van der Waals surface area (Å²) in [5.74, 6) is -0.980. The van der Waals surface area contributed by atoms with Gasteiger partial charge in [0.05, 0.1) is 18.2 Å². The van der Waals surface area contributed by atoms with Crippen LogP contribution in [0, 0.1) is 5.82 Å². The standard InChI is InChI=1S/C25H20FN3O4/c1-32-21-12-19-13(11-18(21)24(27)30)5-10-22(29-19)33-20-9-8-15-16(23(20)26)3-2-4-17(15)25(31)28-14-6-7-14/h2-5,8-12,14H,6-7H2,1H3,(H2,27,30)(H,28,31). The lowest BCUT2D eigenvalue weighted by Gasteiger charge is -2.12. The van der Waals surface area contributed by atoms with Crippen LogP contribution in [-0.2, 0) is 0 Å². The van der Waals surface area contributed by atoms with Crippen LogP contribution >= 0.6 is 0 Å². The highest BCUT2D eigenvalue weighted by molar-refractivity contribution is 6.07. The van der Waals surface area contributed by atoms with E-state index in [0.717, 1.165) is 12.8 Å². The molecule has 33 heavy (non-hydrogen) atoms. The Morgan fingerprint density at radius 3 is 2.58 bits per heavy atom. The van der Waals surface area contributed by atoms with Gasteiger partial charge in [-0.15, -0.1) is 0 Å². The van der Waals surface area contributed by atoms with E-state index in [9.17, 15) is 9.59 Å². The van der Waals surface area contributed by atoms with E-state index in [2.05, 4.69) is 10.3 Å². The fourth-order valence-corrected chi connectivity index (χ4v) is 3.73. The molecule has 3 aromatic carbocycles. The van der Waals surface area contributed by atoms with Crippen LogP contribution in [0.5, 0.6) is 17.4 Å². The zero-order valence-corrected chi connectivity index (χ0v) is 17.7. The van der Waals surface area contributed by atoms with E-state index in [-0.39, 0.29) is 40.3 Å². The third-order valence-electron chi connectivity index (χ3n) is 5.58. The van der Waals surface area contributed by atoms with Crippen molar-refractivity contribution >= 4 is 33.5 Å². The van der Waals surface area contributed by atoms with Crippen molar-refractivity contribution in [2.45, 2.75) is 18.9 Å². The average molecular weight is 445 g/mol. The summed E-state index contributed by atoms with van der Waals surface area (Å²) in [6.45, 7) is 0. The minimum Gasteiger partial charge on any atom is -0.496 e. The van der Waals surface area contributed by atoms with Gasteiger partial charge in [0.15, 0.2) is 11.6 Å². The van der Waals surface area contributed by atoms with E-state index in [1.165, 1.54) is 13.2 Å². The normalized spacial score (nSPS) is 13.2. The second kappa shape index (κ2) is 8.05. The highest BCUT2D eigenvalue weighted by Gasteiger charge is 2.25. The Labute approximate surface area is 188 Å². The first-order chi connectivity index (χ1) is 15.9. The van der Waals surface area contributed by atoms with Crippen molar-refractivity contribution in [3.8, 4) is 17.4 Å². The summed E-state index contributed by atoms with van der Waals surface area (Å²) in [5, 5.41) is 4.38. The Morgan fingerprint density at radius 2 is 1.85 bits per heavy atom. The van der Waals surface area contributed by atoms with Crippen molar-refractivity contribution in [2.24, 2.45) is 5.73 Å². The maximum absolute atomic E-state index is 15.3. The quantitative estimate of drug-likeness (QED) is 0.460. The number of carbonyl (C=O) groups is 2. The number of rotatable bonds is 6. The van der Waals surface area contributed by atoms with Crippen molar-refractivity contribution in [3.05, 3.63) is 71.5 Å². The number of aromatic nitrogens is 1. The number of halogens is 1. The number of fused-ring (bicyclic) bond motifs is 2. The fraction of sp³-hybridized carbons (Fsp3) is 0.160. The number of carbonyl (C=O) groups excluding carboxylic acids is 2. The minimum absolute atomic E-state index is 0.0187. The first-order valence-corrected chi connectivity index (χ1v) is 10.4. The van der Waals surface area contributed by atoms with Crippen LogP contribution in [0.2, 0.25) is 0 Å². The van der Waals surface area contributed by atoms with Gasteiger partial charge in [-0.3, -0.25) is 9.59 Å². The molecule has 4 aromatic rings. The predicted molar refractivity (Wildman–Crippen MR) is 121 cm³/mol. The number of hydrogen-bond donors (Lipinski definition) is 2. The molecule has 166 valence electrons. The molecule has 1 aromatic heterocycles. The van der Waals surface area contributed by atoms with Crippen molar-refractivity contribution < 1.29 is 23.5 Å². The topological polar surface area (TPSA) is 104 Å². The third-order valence-corrected chi connectivity index (χ3v) is 5.58. The molecule has 0 atom stereocenters. The van der Waals surface area contributed by atoms with Gasteiger partial charge in [0.25, 0.3) is 11.8 Å². The Kier molecular flexibility index (Phi) is 5.05. The van der Waals surface area contributed by atoms with Crippen LogP contribution in [0.3, 0.4) is 0 Å². The van der Waals surface area contributed by atoms with Gasteiger partial charge in [-0.05, 0) is 48.6 Å². The summed E-state index contributed by atoms with van der Waals surface area (Å²) in [5.41, 5.74) is 6.56. The number of benzene rings is 3. The van der Waals surface area contributed by atoms with E-state index in [0.29, 0.717) is 21.9 Å². The molecule has 5 rings (SSSR count). The maximum Gasteiger partial charge on any atom is 0.252 e. The van der Waals surface area contributed by atoms with E-state index in [1.807, 2.05) is 0 Å². The second-order valence-electron chi connectivity index (χ2n) is 7.89. The molecule has 0 radical (unpaired) electrons. The number of nitrogens with zero attached hydrogens (tertiary/aromatic N) is 1. The van der Waals surface area contributed by atoms with Gasteiger partial charge in [0.2, 0.25) is 5.88 Å². The molecule has 1 saturated carbocycles. The molecule has 0 spiro atoms. The number of nitrogens with two attached hydrogens (primary N) is 1.